The van der Waals surface area contributed by atoms with Crippen LogP contribution in [0.25, 0.3) is 0 Å². The number of carbonyl (C=O) groups is 2. The first-order valence-electron chi connectivity index (χ1n) is 9.31. The monoisotopic (exact) mass is 326 g/mol. The van der Waals surface area contributed by atoms with Gasteiger partial charge in [0.15, 0.2) is 0 Å². The molecule has 2 amide bonds. The quantitative estimate of drug-likeness (QED) is 0.912. The lowest BCUT2D eigenvalue weighted by molar-refractivity contribution is -0.118. The van der Waals surface area contributed by atoms with Gasteiger partial charge in [0.2, 0.25) is 11.8 Å². The number of nitrogens with zero attached hydrogens (tertiary/aromatic N) is 1. The summed E-state index contributed by atoms with van der Waals surface area (Å²) < 4.78 is 0. The molecule has 0 radical (unpaired) electrons. The summed E-state index contributed by atoms with van der Waals surface area (Å²) in [6, 6.07) is 5.87. The standard InChI is InChI=1S/C20H26N2O2/c1-13-9-17(6-7-18(13)22-8-2-3-20(22)24)21-19(23)12-16-11-14-4-5-15(16)10-14/h6-7,9,14-16H,2-5,8,10-12H2,1H3,(H,21,23)/t14-,15-,16-/m0/s1. The summed E-state index contributed by atoms with van der Waals surface area (Å²) in [7, 11) is 0. The van der Waals surface area contributed by atoms with Crippen LogP contribution in [-0.2, 0) is 9.59 Å². The van der Waals surface area contributed by atoms with Crippen LogP contribution in [-0.4, -0.2) is 18.4 Å². The number of hydrogen-bond donors (Lipinski definition) is 1. The Kier molecular flexibility index (Phi) is 4.07. The van der Waals surface area contributed by atoms with Crippen LogP contribution in [0.1, 0.15) is 50.5 Å². The van der Waals surface area contributed by atoms with Crippen molar-refractivity contribution in [2.45, 2.75) is 51.9 Å². The highest BCUT2D eigenvalue weighted by atomic mass is 16.2. The fourth-order valence-corrected chi connectivity index (χ4v) is 5.02. The SMILES string of the molecule is Cc1cc(NC(=O)C[C@@H]2C[C@H]3CC[C@H]2C3)ccc1N1CCCC1=O. The first kappa shape index (κ1) is 15.7. The van der Waals surface area contributed by atoms with Crippen molar-refractivity contribution in [3.8, 4) is 0 Å². The van der Waals surface area contributed by atoms with Crippen LogP contribution in [0.5, 0.6) is 0 Å². The van der Waals surface area contributed by atoms with E-state index >= 15 is 0 Å². The number of carbonyl (C=O) groups excluding carboxylic acids is 2. The van der Waals surface area contributed by atoms with Crippen molar-refractivity contribution in [1.29, 1.82) is 0 Å². The summed E-state index contributed by atoms with van der Waals surface area (Å²) in [6.45, 7) is 2.81. The Balaban J connectivity index is 1.38. The van der Waals surface area contributed by atoms with E-state index < -0.39 is 0 Å². The van der Waals surface area contributed by atoms with Crippen molar-refractivity contribution < 1.29 is 9.59 Å². The zero-order valence-electron chi connectivity index (χ0n) is 14.4. The van der Waals surface area contributed by atoms with Crippen molar-refractivity contribution >= 4 is 23.2 Å². The topological polar surface area (TPSA) is 49.4 Å². The van der Waals surface area contributed by atoms with Gasteiger partial charge in [-0.3, -0.25) is 9.59 Å². The normalized spacial score (nSPS) is 28.6. The Morgan fingerprint density at radius 1 is 1.29 bits per heavy atom. The molecule has 0 aromatic heterocycles. The molecule has 0 unspecified atom stereocenters. The summed E-state index contributed by atoms with van der Waals surface area (Å²) >= 11 is 0. The Bertz CT molecular complexity index is 670. The molecule has 3 atom stereocenters. The number of benzene rings is 1. The van der Waals surface area contributed by atoms with Crippen LogP contribution in [0.2, 0.25) is 0 Å². The highest BCUT2D eigenvalue weighted by molar-refractivity contribution is 5.97. The zero-order chi connectivity index (χ0) is 16.7. The second-order valence-corrected chi connectivity index (χ2v) is 7.84. The second kappa shape index (κ2) is 6.23. The first-order chi connectivity index (χ1) is 11.6. The van der Waals surface area contributed by atoms with Gasteiger partial charge in [-0.05, 0) is 74.1 Å². The molecular weight excluding hydrogens is 300 g/mol. The number of amides is 2. The predicted molar refractivity (Wildman–Crippen MR) is 95.0 cm³/mol. The van der Waals surface area contributed by atoms with Gasteiger partial charge in [-0.15, -0.1) is 0 Å². The molecule has 3 aliphatic rings. The molecule has 3 fully saturated rings. The molecule has 2 bridgehead atoms. The van der Waals surface area contributed by atoms with Crippen LogP contribution in [0.15, 0.2) is 18.2 Å². The Hall–Kier alpha value is -1.84. The third-order valence-corrected chi connectivity index (χ3v) is 6.18. The number of anilines is 2. The minimum Gasteiger partial charge on any atom is -0.326 e. The van der Waals surface area contributed by atoms with E-state index in [0.29, 0.717) is 18.8 Å². The Labute approximate surface area is 143 Å². The van der Waals surface area contributed by atoms with Gasteiger partial charge in [0.05, 0.1) is 0 Å². The minimum absolute atomic E-state index is 0.136. The van der Waals surface area contributed by atoms with Gasteiger partial charge < -0.3 is 10.2 Å². The largest absolute Gasteiger partial charge is 0.326 e. The summed E-state index contributed by atoms with van der Waals surface area (Å²) in [5, 5.41) is 3.06. The highest BCUT2D eigenvalue weighted by Crippen LogP contribution is 2.49. The van der Waals surface area contributed by atoms with E-state index in [4.69, 9.17) is 0 Å². The van der Waals surface area contributed by atoms with Crippen LogP contribution in [0.4, 0.5) is 11.4 Å². The fraction of sp³-hybridized carbons (Fsp3) is 0.600. The van der Waals surface area contributed by atoms with Crippen LogP contribution < -0.4 is 10.2 Å². The summed E-state index contributed by atoms with van der Waals surface area (Å²) in [6.07, 6.45) is 7.51. The van der Waals surface area contributed by atoms with Crippen molar-refractivity contribution in [1.82, 2.24) is 0 Å². The molecule has 1 heterocycles. The zero-order valence-corrected chi connectivity index (χ0v) is 14.4. The summed E-state index contributed by atoms with van der Waals surface area (Å²) in [5.41, 5.74) is 2.86. The fourth-order valence-electron chi connectivity index (χ4n) is 5.02. The third-order valence-electron chi connectivity index (χ3n) is 6.18. The molecule has 128 valence electrons. The Morgan fingerprint density at radius 2 is 2.17 bits per heavy atom. The molecule has 1 aliphatic heterocycles. The van der Waals surface area contributed by atoms with E-state index in [0.717, 1.165) is 41.7 Å². The van der Waals surface area contributed by atoms with E-state index in [1.165, 1.54) is 25.7 Å². The van der Waals surface area contributed by atoms with Crippen LogP contribution >= 0.6 is 0 Å². The molecular formula is C20H26N2O2. The van der Waals surface area contributed by atoms with Crippen LogP contribution in [0, 0.1) is 24.7 Å². The molecule has 2 aliphatic carbocycles. The lowest BCUT2D eigenvalue weighted by Gasteiger charge is -2.21. The van der Waals surface area contributed by atoms with Crippen molar-refractivity contribution in [2.75, 3.05) is 16.8 Å². The smallest absolute Gasteiger partial charge is 0.227 e. The highest BCUT2D eigenvalue weighted by Gasteiger charge is 2.40. The maximum absolute atomic E-state index is 12.4. The van der Waals surface area contributed by atoms with Gasteiger partial charge in [-0.25, -0.2) is 0 Å². The van der Waals surface area contributed by atoms with Gasteiger partial charge in [-0.2, -0.15) is 0 Å². The first-order valence-corrected chi connectivity index (χ1v) is 9.31. The van der Waals surface area contributed by atoms with E-state index in [1.807, 2.05) is 30.0 Å². The molecule has 24 heavy (non-hydrogen) atoms. The second-order valence-electron chi connectivity index (χ2n) is 7.84. The van der Waals surface area contributed by atoms with E-state index in [1.54, 1.807) is 0 Å². The molecule has 1 aromatic rings. The molecule has 1 aromatic carbocycles. The number of aryl methyl sites for hydroxylation is 1. The predicted octanol–water partition coefficient (Wildman–Crippen LogP) is 3.89. The average Bonchev–Trinajstić information content (AvgIpc) is 3.24. The van der Waals surface area contributed by atoms with Crippen LogP contribution in [0.3, 0.4) is 0 Å². The van der Waals surface area contributed by atoms with Gasteiger partial charge in [0.25, 0.3) is 0 Å². The molecule has 1 N–H and O–H groups in total. The van der Waals surface area contributed by atoms with Gasteiger partial charge in [-0.1, -0.05) is 6.42 Å². The summed E-state index contributed by atoms with van der Waals surface area (Å²) in [5.74, 6) is 2.59. The lowest BCUT2D eigenvalue weighted by Crippen LogP contribution is -2.24. The van der Waals surface area contributed by atoms with E-state index in [-0.39, 0.29) is 11.8 Å². The van der Waals surface area contributed by atoms with E-state index in [2.05, 4.69) is 5.32 Å². The lowest BCUT2D eigenvalue weighted by atomic mass is 9.86. The number of nitrogens with one attached hydrogen (secondary N) is 1. The van der Waals surface area contributed by atoms with Crippen molar-refractivity contribution in [3.05, 3.63) is 23.8 Å². The molecule has 0 spiro atoms. The average molecular weight is 326 g/mol. The minimum atomic E-state index is 0.136. The van der Waals surface area contributed by atoms with Gasteiger partial charge in [0, 0.05) is 30.8 Å². The molecule has 4 nitrogen and oxygen atoms in total. The third kappa shape index (κ3) is 2.94. The van der Waals surface area contributed by atoms with E-state index in [9.17, 15) is 9.59 Å². The number of hydrogen-bond acceptors (Lipinski definition) is 2. The van der Waals surface area contributed by atoms with Gasteiger partial charge in [0.1, 0.15) is 0 Å². The number of rotatable bonds is 4. The Morgan fingerprint density at radius 3 is 2.79 bits per heavy atom. The maximum Gasteiger partial charge on any atom is 0.227 e. The van der Waals surface area contributed by atoms with Crippen molar-refractivity contribution in [2.24, 2.45) is 17.8 Å². The van der Waals surface area contributed by atoms with Gasteiger partial charge >= 0.3 is 0 Å². The number of fused-ring (bicyclic) bond motifs is 2. The molecule has 2 saturated carbocycles. The molecule has 4 heteroatoms. The maximum atomic E-state index is 12.4. The summed E-state index contributed by atoms with van der Waals surface area (Å²) in [4.78, 5) is 26.1. The van der Waals surface area contributed by atoms with Crippen molar-refractivity contribution in [3.63, 3.8) is 0 Å². The molecule has 4 rings (SSSR count). The molecule has 1 saturated heterocycles.